The Morgan fingerprint density at radius 1 is 1.04 bits per heavy atom. The van der Waals surface area contributed by atoms with E-state index in [1.165, 1.54) is 13.8 Å². The summed E-state index contributed by atoms with van der Waals surface area (Å²) in [5.41, 5.74) is 0.415. The zero-order valence-corrected chi connectivity index (χ0v) is 12.8. The molecule has 1 aliphatic carbocycles. The van der Waals surface area contributed by atoms with E-state index in [4.69, 9.17) is 13.9 Å². The minimum atomic E-state index is -0.685. The summed E-state index contributed by atoms with van der Waals surface area (Å²) in [6, 6.07) is 6.82. The van der Waals surface area contributed by atoms with Crippen molar-refractivity contribution in [3.8, 4) is 0 Å². The Morgan fingerprint density at radius 3 is 2.35 bits per heavy atom. The van der Waals surface area contributed by atoms with E-state index in [-0.39, 0.29) is 16.8 Å². The van der Waals surface area contributed by atoms with Crippen LogP contribution in [0.1, 0.15) is 50.2 Å². The summed E-state index contributed by atoms with van der Waals surface area (Å²) in [6.07, 6.45) is -0.513. The van der Waals surface area contributed by atoms with Gasteiger partial charge in [-0.1, -0.05) is 12.1 Å². The zero-order valence-electron chi connectivity index (χ0n) is 12.8. The van der Waals surface area contributed by atoms with E-state index in [2.05, 4.69) is 0 Å². The topological polar surface area (TPSA) is 82.8 Å². The Kier molecular flexibility index (Phi) is 3.90. The van der Waals surface area contributed by atoms with Gasteiger partial charge in [0.05, 0.1) is 10.9 Å². The molecule has 6 heteroatoms. The highest BCUT2D eigenvalue weighted by Gasteiger charge is 2.36. The van der Waals surface area contributed by atoms with Gasteiger partial charge in [-0.3, -0.25) is 14.4 Å². The third kappa shape index (κ3) is 2.84. The molecule has 1 aromatic carbocycles. The highest BCUT2D eigenvalue weighted by Crippen LogP contribution is 2.39. The molecule has 0 aliphatic heterocycles. The lowest BCUT2D eigenvalue weighted by atomic mass is 9.90. The van der Waals surface area contributed by atoms with Crippen LogP contribution in [0.4, 0.5) is 0 Å². The van der Waals surface area contributed by atoms with Crippen molar-refractivity contribution < 1.29 is 23.5 Å². The predicted molar refractivity (Wildman–Crippen MR) is 80.7 cm³/mol. The summed E-state index contributed by atoms with van der Waals surface area (Å²) in [7, 11) is 0. The average Bonchev–Trinajstić information content (AvgIpc) is 2.49. The van der Waals surface area contributed by atoms with Gasteiger partial charge in [0.15, 0.2) is 17.3 Å². The van der Waals surface area contributed by atoms with Crippen molar-refractivity contribution in [1.29, 1.82) is 0 Å². The maximum Gasteiger partial charge on any atom is 0.303 e. The molecule has 1 aromatic heterocycles. The number of rotatable bonds is 2. The smallest absolute Gasteiger partial charge is 0.303 e. The first-order chi connectivity index (χ1) is 11.0. The molecule has 0 bridgehead atoms. The number of hydrogen-bond acceptors (Lipinski definition) is 6. The van der Waals surface area contributed by atoms with E-state index in [9.17, 15) is 14.4 Å². The van der Waals surface area contributed by atoms with Crippen molar-refractivity contribution in [1.82, 2.24) is 0 Å². The van der Waals surface area contributed by atoms with Crippen molar-refractivity contribution in [2.45, 2.75) is 38.9 Å². The molecule has 0 radical (unpaired) electrons. The van der Waals surface area contributed by atoms with Gasteiger partial charge in [0.1, 0.15) is 11.7 Å². The van der Waals surface area contributed by atoms with Gasteiger partial charge in [0.2, 0.25) is 0 Å². The van der Waals surface area contributed by atoms with E-state index in [0.29, 0.717) is 23.8 Å². The molecule has 0 spiro atoms. The SMILES string of the molecule is CC(=O)O[C@H]1CC[C@@H](OC(C)=O)c2c1oc1ccccc1c2=O. The fourth-order valence-corrected chi connectivity index (χ4v) is 2.93. The van der Waals surface area contributed by atoms with Gasteiger partial charge < -0.3 is 13.9 Å². The van der Waals surface area contributed by atoms with Crippen LogP contribution in [-0.4, -0.2) is 11.9 Å². The summed E-state index contributed by atoms with van der Waals surface area (Å²) in [5, 5.41) is 0.409. The summed E-state index contributed by atoms with van der Waals surface area (Å²) in [6.45, 7) is 2.59. The van der Waals surface area contributed by atoms with Gasteiger partial charge in [0, 0.05) is 13.8 Å². The monoisotopic (exact) mass is 316 g/mol. The highest BCUT2D eigenvalue weighted by atomic mass is 16.6. The van der Waals surface area contributed by atoms with Crippen LogP contribution in [0.15, 0.2) is 33.5 Å². The summed E-state index contributed by atoms with van der Waals surface area (Å²) < 4.78 is 16.3. The molecule has 0 saturated heterocycles. The molecule has 0 N–H and O–H groups in total. The lowest BCUT2D eigenvalue weighted by Crippen LogP contribution is -2.27. The molecule has 1 heterocycles. The molecule has 6 nitrogen and oxygen atoms in total. The lowest BCUT2D eigenvalue weighted by molar-refractivity contribution is -0.154. The minimum absolute atomic E-state index is 0.259. The van der Waals surface area contributed by atoms with Crippen LogP contribution in [0.25, 0.3) is 11.0 Å². The van der Waals surface area contributed by atoms with E-state index >= 15 is 0 Å². The van der Waals surface area contributed by atoms with Crippen molar-refractivity contribution >= 4 is 22.9 Å². The standard InChI is InChI=1S/C17H16O6/c1-9(18)21-13-7-8-14(22-10(2)19)17-15(13)16(20)11-5-3-4-6-12(11)23-17/h3-6,13-14H,7-8H2,1-2H3/t13-,14+/m1/s1. The van der Waals surface area contributed by atoms with Crippen LogP contribution >= 0.6 is 0 Å². The maximum atomic E-state index is 12.8. The minimum Gasteiger partial charge on any atom is -0.457 e. The fourth-order valence-electron chi connectivity index (χ4n) is 2.93. The number of para-hydroxylation sites is 1. The van der Waals surface area contributed by atoms with Gasteiger partial charge in [-0.2, -0.15) is 0 Å². The number of carbonyl (C=O) groups excluding carboxylic acids is 2. The molecular formula is C17H16O6. The van der Waals surface area contributed by atoms with E-state index < -0.39 is 24.1 Å². The molecule has 0 unspecified atom stereocenters. The third-order valence-electron chi connectivity index (χ3n) is 3.78. The predicted octanol–water partition coefficient (Wildman–Crippen LogP) is 2.80. The van der Waals surface area contributed by atoms with Gasteiger partial charge in [-0.05, 0) is 25.0 Å². The van der Waals surface area contributed by atoms with Crippen molar-refractivity contribution in [3.05, 3.63) is 45.8 Å². The van der Waals surface area contributed by atoms with Gasteiger partial charge in [0.25, 0.3) is 0 Å². The van der Waals surface area contributed by atoms with Crippen LogP contribution in [-0.2, 0) is 19.1 Å². The van der Waals surface area contributed by atoms with Gasteiger partial charge in [-0.25, -0.2) is 0 Å². The highest BCUT2D eigenvalue weighted by molar-refractivity contribution is 5.77. The molecular weight excluding hydrogens is 300 g/mol. The van der Waals surface area contributed by atoms with Crippen LogP contribution in [0.5, 0.6) is 0 Å². The van der Waals surface area contributed by atoms with Crippen LogP contribution in [0.2, 0.25) is 0 Å². The van der Waals surface area contributed by atoms with E-state index in [1.54, 1.807) is 24.3 Å². The Morgan fingerprint density at radius 2 is 1.65 bits per heavy atom. The van der Waals surface area contributed by atoms with Gasteiger partial charge >= 0.3 is 11.9 Å². The molecule has 0 fully saturated rings. The van der Waals surface area contributed by atoms with Crippen LogP contribution < -0.4 is 5.43 Å². The molecule has 0 saturated carbocycles. The average molecular weight is 316 g/mol. The maximum absolute atomic E-state index is 12.8. The molecule has 3 rings (SSSR count). The quantitative estimate of drug-likeness (QED) is 0.792. The second-order valence-corrected chi connectivity index (χ2v) is 5.48. The normalized spacial score (nSPS) is 19.9. The number of hydrogen-bond donors (Lipinski definition) is 0. The Balaban J connectivity index is 2.21. The lowest BCUT2D eigenvalue weighted by Gasteiger charge is -2.28. The van der Waals surface area contributed by atoms with Crippen molar-refractivity contribution in [2.24, 2.45) is 0 Å². The number of esters is 2. The Labute approximate surface area is 132 Å². The molecule has 2 aromatic rings. The van der Waals surface area contributed by atoms with Crippen molar-refractivity contribution in [2.75, 3.05) is 0 Å². The summed E-state index contributed by atoms with van der Waals surface area (Å²) in [4.78, 5) is 35.4. The van der Waals surface area contributed by atoms with Crippen LogP contribution in [0, 0.1) is 0 Å². The van der Waals surface area contributed by atoms with Gasteiger partial charge in [-0.15, -0.1) is 0 Å². The summed E-state index contributed by atoms with van der Waals surface area (Å²) in [5.74, 6) is -0.663. The first-order valence-corrected chi connectivity index (χ1v) is 7.37. The van der Waals surface area contributed by atoms with Crippen LogP contribution in [0.3, 0.4) is 0 Å². The molecule has 23 heavy (non-hydrogen) atoms. The largest absolute Gasteiger partial charge is 0.457 e. The zero-order chi connectivity index (χ0) is 16.6. The molecule has 0 amide bonds. The second kappa shape index (κ2) is 5.87. The van der Waals surface area contributed by atoms with E-state index in [1.807, 2.05) is 0 Å². The Bertz CT molecular complexity index is 835. The van der Waals surface area contributed by atoms with E-state index in [0.717, 1.165) is 0 Å². The number of fused-ring (bicyclic) bond motifs is 2. The number of benzene rings is 1. The fraction of sp³-hybridized carbons (Fsp3) is 0.353. The number of carbonyl (C=O) groups is 2. The Hall–Kier alpha value is -2.63. The summed E-state index contributed by atoms with van der Waals surface area (Å²) >= 11 is 0. The molecule has 2 atom stereocenters. The van der Waals surface area contributed by atoms with Crippen molar-refractivity contribution in [3.63, 3.8) is 0 Å². The number of ether oxygens (including phenoxy) is 2. The second-order valence-electron chi connectivity index (χ2n) is 5.48. The first-order valence-electron chi connectivity index (χ1n) is 7.37. The third-order valence-corrected chi connectivity index (χ3v) is 3.78. The molecule has 120 valence electrons. The first kappa shape index (κ1) is 15.3. The molecule has 1 aliphatic rings.